The maximum atomic E-state index is 5.48. The SMILES string of the molecule is COc1ncnc(NCc2nc(C)c(C)o2)c1C. The smallest absolute Gasteiger partial charge is 0.221 e. The molecule has 18 heavy (non-hydrogen) atoms. The second kappa shape index (κ2) is 5.03. The van der Waals surface area contributed by atoms with Crippen molar-refractivity contribution >= 4 is 5.82 Å². The summed E-state index contributed by atoms with van der Waals surface area (Å²) < 4.78 is 10.6. The second-order valence-electron chi connectivity index (χ2n) is 3.96. The quantitative estimate of drug-likeness (QED) is 0.892. The molecule has 6 nitrogen and oxygen atoms in total. The van der Waals surface area contributed by atoms with Gasteiger partial charge in [0.2, 0.25) is 11.8 Å². The Morgan fingerprint density at radius 2 is 2.06 bits per heavy atom. The van der Waals surface area contributed by atoms with Crippen LogP contribution in [0.4, 0.5) is 5.82 Å². The number of nitrogens with zero attached hydrogens (tertiary/aromatic N) is 3. The Balaban J connectivity index is 2.10. The molecule has 0 radical (unpaired) electrons. The Morgan fingerprint density at radius 3 is 2.67 bits per heavy atom. The predicted octanol–water partition coefficient (Wildman–Crippen LogP) is 2.01. The highest BCUT2D eigenvalue weighted by Gasteiger charge is 2.09. The molecule has 0 saturated heterocycles. The molecule has 6 heteroatoms. The van der Waals surface area contributed by atoms with Crippen LogP contribution in [0, 0.1) is 20.8 Å². The number of nitrogens with one attached hydrogen (secondary N) is 1. The normalized spacial score (nSPS) is 10.4. The molecule has 0 saturated carbocycles. The minimum atomic E-state index is 0.482. The number of aromatic nitrogens is 3. The topological polar surface area (TPSA) is 73.1 Å². The lowest BCUT2D eigenvalue weighted by atomic mass is 10.3. The number of hydrogen-bond donors (Lipinski definition) is 1. The van der Waals surface area contributed by atoms with Crippen LogP contribution < -0.4 is 10.1 Å². The molecule has 0 unspecified atom stereocenters. The summed E-state index contributed by atoms with van der Waals surface area (Å²) in [6.07, 6.45) is 1.46. The van der Waals surface area contributed by atoms with E-state index < -0.39 is 0 Å². The van der Waals surface area contributed by atoms with Crippen LogP contribution in [-0.4, -0.2) is 22.1 Å². The van der Waals surface area contributed by atoms with Gasteiger partial charge in [0.25, 0.3) is 0 Å². The number of oxazole rings is 1. The van der Waals surface area contributed by atoms with Gasteiger partial charge in [-0.3, -0.25) is 0 Å². The first-order valence-electron chi connectivity index (χ1n) is 5.64. The summed E-state index contributed by atoms with van der Waals surface area (Å²) in [7, 11) is 1.58. The number of rotatable bonds is 4. The van der Waals surface area contributed by atoms with Gasteiger partial charge in [-0.05, 0) is 20.8 Å². The van der Waals surface area contributed by atoms with E-state index in [4.69, 9.17) is 9.15 Å². The molecular weight excluding hydrogens is 232 g/mol. The maximum Gasteiger partial charge on any atom is 0.221 e. The summed E-state index contributed by atoms with van der Waals surface area (Å²) in [5.74, 6) is 2.76. The van der Waals surface area contributed by atoms with Crippen LogP contribution in [-0.2, 0) is 6.54 Å². The van der Waals surface area contributed by atoms with Crippen molar-refractivity contribution in [3.63, 3.8) is 0 Å². The van der Waals surface area contributed by atoms with E-state index in [0.29, 0.717) is 18.3 Å². The molecule has 2 aromatic heterocycles. The molecule has 0 bridgehead atoms. The van der Waals surface area contributed by atoms with Gasteiger partial charge in [-0.1, -0.05) is 0 Å². The molecule has 0 aliphatic carbocycles. The molecule has 0 amide bonds. The first kappa shape index (κ1) is 12.3. The van der Waals surface area contributed by atoms with Gasteiger partial charge in [-0.15, -0.1) is 0 Å². The van der Waals surface area contributed by atoms with E-state index in [0.717, 1.165) is 22.8 Å². The number of methoxy groups -OCH3 is 1. The van der Waals surface area contributed by atoms with E-state index in [1.807, 2.05) is 20.8 Å². The number of aryl methyl sites for hydroxylation is 2. The third-order valence-electron chi connectivity index (χ3n) is 2.71. The second-order valence-corrected chi connectivity index (χ2v) is 3.96. The highest BCUT2D eigenvalue weighted by Crippen LogP contribution is 2.20. The Kier molecular flexibility index (Phi) is 3.45. The Bertz CT molecular complexity index is 532. The molecule has 0 aliphatic heterocycles. The van der Waals surface area contributed by atoms with Crippen molar-refractivity contribution in [1.82, 2.24) is 15.0 Å². The molecule has 2 aromatic rings. The van der Waals surface area contributed by atoms with Gasteiger partial charge in [0.05, 0.1) is 24.9 Å². The fraction of sp³-hybridized carbons (Fsp3) is 0.417. The minimum Gasteiger partial charge on any atom is -0.481 e. The highest BCUT2D eigenvalue weighted by atomic mass is 16.5. The van der Waals surface area contributed by atoms with E-state index in [1.165, 1.54) is 6.33 Å². The van der Waals surface area contributed by atoms with Crippen LogP contribution in [0.5, 0.6) is 5.88 Å². The average molecular weight is 248 g/mol. The monoisotopic (exact) mass is 248 g/mol. The summed E-state index contributed by atoms with van der Waals surface area (Å²) in [4.78, 5) is 12.5. The Morgan fingerprint density at radius 1 is 1.28 bits per heavy atom. The number of ether oxygens (including phenoxy) is 1. The van der Waals surface area contributed by atoms with Crippen molar-refractivity contribution in [2.45, 2.75) is 27.3 Å². The molecule has 0 spiro atoms. The fourth-order valence-corrected chi connectivity index (χ4v) is 1.59. The molecule has 96 valence electrons. The third-order valence-corrected chi connectivity index (χ3v) is 2.71. The predicted molar refractivity (Wildman–Crippen MR) is 66.6 cm³/mol. The van der Waals surface area contributed by atoms with E-state index in [1.54, 1.807) is 7.11 Å². The van der Waals surface area contributed by atoms with Crippen molar-refractivity contribution in [3.8, 4) is 5.88 Å². The van der Waals surface area contributed by atoms with Crippen molar-refractivity contribution in [2.75, 3.05) is 12.4 Å². The maximum absolute atomic E-state index is 5.48. The van der Waals surface area contributed by atoms with Crippen LogP contribution >= 0.6 is 0 Å². The lowest BCUT2D eigenvalue weighted by Crippen LogP contribution is -2.05. The van der Waals surface area contributed by atoms with E-state index in [-0.39, 0.29) is 0 Å². The third kappa shape index (κ3) is 2.42. The largest absolute Gasteiger partial charge is 0.481 e. The molecule has 2 heterocycles. The van der Waals surface area contributed by atoms with Gasteiger partial charge >= 0.3 is 0 Å². The number of hydrogen-bond acceptors (Lipinski definition) is 6. The summed E-state index contributed by atoms with van der Waals surface area (Å²) in [5.41, 5.74) is 1.77. The van der Waals surface area contributed by atoms with Gasteiger partial charge in [-0.25, -0.2) is 15.0 Å². The van der Waals surface area contributed by atoms with E-state index in [9.17, 15) is 0 Å². The number of anilines is 1. The zero-order valence-corrected chi connectivity index (χ0v) is 10.9. The summed E-state index contributed by atoms with van der Waals surface area (Å²) >= 11 is 0. The molecular formula is C12H16N4O2. The van der Waals surface area contributed by atoms with Crippen LogP contribution in [0.1, 0.15) is 22.9 Å². The fourth-order valence-electron chi connectivity index (χ4n) is 1.59. The zero-order valence-electron chi connectivity index (χ0n) is 10.9. The standard InChI is InChI=1S/C12H16N4O2/c1-7-11(14-6-15-12(7)17-4)13-5-10-16-8(2)9(3)18-10/h6H,5H2,1-4H3,(H,13,14,15). The van der Waals surface area contributed by atoms with Gasteiger partial charge in [0.1, 0.15) is 17.9 Å². The Labute approximate surface area is 105 Å². The van der Waals surface area contributed by atoms with Crippen molar-refractivity contribution in [1.29, 1.82) is 0 Å². The molecule has 0 atom stereocenters. The van der Waals surface area contributed by atoms with Crippen LogP contribution in [0.25, 0.3) is 0 Å². The van der Waals surface area contributed by atoms with Gasteiger partial charge in [0, 0.05) is 0 Å². The van der Waals surface area contributed by atoms with E-state index in [2.05, 4.69) is 20.3 Å². The molecule has 0 aromatic carbocycles. The zero-order chi connectivity index (χ0) is 13.1. The lowest BCUT2D eigenvalue weighted by Gasteiger charge is -2.08. The van der Waals surface area contributed by atoms with Crippen molar-refractivity contribution < 1.29 is 9.15 Å². The Hall–Kier alpha value is -2.11. The first-order chi connectivity index (χ1) is 8.61. The van der Waals surface area contributed by atoms with Crippen LogP contribution in [0.2, 0.25) is 0 Å². The highest BCUT2D eigenvalue weighted by molar-refractivity contribution is 5.47. The lowest BCUT2D eigenvalue weighted by molar-refractivity contribution is 0.393. The van der Waals surface area contributed by atoms with Crippen molar-refractivity contribution in [3.05, 3.63) is 29.2 Å². The summed E-state index contributed by atoms with van der Waals surface area (Å²) in [6.45, 7) is 6.19. The minimum absolute atomic E-state index is 0.482. The van der Waals surface area contributed by atoms with Crippen molar-refractivity contribution in [2.24, 2.45) is 0 Å². The molecule has 0 fully saturated rings. The van der Waals surface area contributed by atoms with Gasteiger partial charge in [-0.2, -0.15) is 0 Å². The summed E-state index contributed by atoms with van der Waals surface area (Å²) in [6, 6.07) is 0. The molecule has 1 N–H and O–H groups in total. The average Bonchev–Trinajstić information content (AvgIpc) is 2.67. The van der Waals surface area contributed by atoms with Crippen LogP contribution in [0.3, 0.4) is 0 Å². The molecule has 0 aliphatic rings. The van der Waals surface area contributed by atoms with Gasteiger partial charge in [0.15, 0.2) is 0 Å². The molecule has 2 rings (SSSR count). The van der Waals surface area contributed by atoms with Crippen LogP contribution in [0.15, 0.2) is 10.7 Å². The summed E-state index contributed by atoms with van der Waals surface area (Å²) in [5, 5.41) is 3.16. The van der Waals surface area contributed by atoms with Gasteiger partial charge < -0.3 is 14.5 Å². The first-order valence-corrected chi connectivity index (χ1v) is 5.64. The van der Waals surface area contributed by atoms with E-state index >= 15 is 0 Å².